The Morgan fingerprint density at radius 3 is 2.62 bits per heavy atom. The van der Waals surface area contributed by atoms with Crippen molar-refractivity contribution in [2.75, 3.05) is 13.7 Å². The number of aliphatic imine (C=N–C) groups is 1. The van der Waals surface area contributed by atoms with Crippen LogP contribution in [0.1, 0.15) is 17.5 Å². The standard InChI is InChI=1S/C18H16F3N3O2/c1-24-16(22)23-17(26-24)7-8-25-15-6-5-12(10-14(15)17)11-3-2-4-13(9-11)18(19,20)21/h2-6,9-10H,7-8H2,1H3,(H2,22,23)/t17-/m0/s1. The fourth-order valence-electron chi connectivity index (χ4n) is 3.21. The predicted octanol–water partition coefficient (Wildman–Crippen LogP) is 3.50. The Labute approximate surface area is 147 Å². The van der Waals surface area contributed by atoms with Crippen molar-refractivity contribution in [3.8, 4) is 16.9 Å². The molecular weight excluding hydrogens is 347 g/mol. The highest BCUT2D eigenvalue weighted by atomic mass is 19.4. The van der Waals surface area contributed by atoms with Gasteiger partial charge in [0.1, 0.15) is 5.75 Å². The van der Waals surface area contributed by atoms with Gasteiger partial charge < -0.3 is 10.5 Å². The van der Waals surface area contributed by atoms with Gasteiger partial charge in [-0.25, -0.2) is 14.9 Å². The fraction of sp³-hybridized carbons (Fsp3) is 0.278. The molecule has 0 bridgehead atoms. The smallest absolute Gasteiger partial charge is 0.416 e. The van der Waals surface area contributed by atoms with Gasteiger partial charge in [0.15, 0.2) is 0 Å². The lowest BCUT2D eigenvalue weighted by atomic mass is 9.92. The summed E-state index contributed by atoms with van der Waals surface area (Å²) in [6, 6.07) is 10.4. The molecule has 2 heterocycles. The summed E-state index contributed by atoms with van der Waals surface area (Å²) in [6.45, 7) is 0.403. The average Bonchev–Trinajstić information content (AvgIpc) is 2.89. The van der Waals surface area contributed by atoms with Crippen LogP contribution in [0, 0.1) is 0 Å². The first-order valence-corrected chi connectivity index (χ1v) is 8.02. The lowest BCUT2D eigenvalue weighted by molar-refractivity contribution is -0.183. The van der Waals surface area contributed by atoms with Gasteiger partial charge in [0, 0.05) is 13.5 Å². The zero-order valence-corrected chi connectivity index (χ0v) is 13.9. The Hall–Kier alpha value is -2.74. The molecule has 2 aromatic rings. The number of nitrogens with zero attached hydrogens (tertiary/aromatic N) is 2. The van der Waals surface area contributed by atoms with Crippen LogP contribution in [0.2, 0.25) is 0 Å². The summed E-state index contributed by atoms with van der Waals surface area (Å²) in [5.41, 5.74) is 5.85. The van der Waals surface area contributed by atoms with E-state index in [1.165, 1.54) is 11.1 Å². The second kappa shape index (κ2) is 5.63. The molecule has 0 fully saturated rings. The van der Waals surface area contributed by atoms with Crippen LogP contribution in [0.5, 0.6) is 5.75 Å². The SMILES string of the molecule is CN1O[C@]2(CCOc3ccc(-c4cccc(C(F)(F)F)c4)cc32)N=C1N. The molecule has 2 aliphatic heterocycles. The number of ether oxygens (including phenoxy) is 1. The number of benzene rings is 2. The van der Waals surface area contributed by atoms with Crippen molar-refractivity contribution >= 4 is 5.96 Å². The van der Waals surface area contributed by atoms with Gasteiger partial charge in [0.05, 0.1) is 17.7 Å². The van der Waals surface area contributed by atoms with Crippen molar-refractivity contribution in [2.24, 2.45) is 10.7 Å². The molecule has 26 heavy (non-hydrogen) atoms. The first-order chi connectivity index (χ1) is 12.3. The Morgan fingerprint density at radius 1 is 1.15 bits per heavy atom. The molecule has 0 saturated carbocycles. The van der Waals surface area contributed by atoms with Gasteiger partial charge in [0.2, 0.25) is 11.7 Å². The summed E-state index contributed by atoms with van der Waals surface area (Å²) < 4.78 is 44.7. The molecule has 0 saturated heterocycles. The molecule has 2 aromatic carbocycles. The van der Waals surface area contributed by atoms with E-state index in [1.54, 1.807) is 31.3 Å². The van der Waals surface area contributed by atoms with Crippen molar-refractivity contribution in [3.63, 3.8) is 0 Å². The zero-order valence-electron chi connectivity index (χ0n) is 13.9. The molecule has 5 nitrogen and oxygen atoms in total. The third-order valence-electron chi connectivity index (χ3n) is 4.53. The molecule has 2 aliphatic rings. The van der Waals surface area contributed by atoms with E-state index in [4.69, 9.17) is 15.3 Å². The summed E-state index contributed by atoms with van der Waals surface area (Å²) in [4.78, 5) is 10.3. The summed E-state index contributed by atoms with van der Waals surface area (Å²) >= 11 is 0. The molecule has 1 spiro atoms. The van der Waals surface area contributed by atoms with Crippen LogP contribution in [-0.2, 0) is 16.7 Å². The molecule has 4 rings (SSSR count). The summed E-state index contributed by atoms with van der Waals surface area (Å²) in [5.74, 6) is 0.821. The van der Waals surface area contributed by atoms with E-state index >= 15 is 0 Å². The van der Waals surface area contributed by atoms with Gasteiger partial charge in [-0.2, -0.15) is 13.2 Å². The van der Waals surface area contributed by atoms with Crippen LogP contribution >= 0.6 is 0 Å². The first kappa shape index (κ1) is 16.7. The Bertz CT molecular complexity index is 897. The quantitative estimate of drug-likeness (QED) is 0.843. The van der Waals surface area contributed by atoms with Crippen molar-refractivity contribution in [2.45, 2.75) is 18.3 Å². The van der Waals surface area contributed by atoms with E-state index in [0.717, 1.165) is 12.1 Å². The first-order valence-electron chi connectivity index (χ1n) is 8.02. The number of hydroxylamine groups is 2. The number of hydrogen-bond acceptors (Lipinski definition) is 5. The minimum absolute atomic E-state index is 0.238. The fourth-order valence-corrected chi connectivity index (χ4v) is 3.21. The summed E-state index contributed by atoms with van der Waals surface area (Å²) in [6.07, 6.45) is -3.94. The highest BCUT2D eigenvalue weighted by Crippen LogP contribution is 2.45. The molecule has 0 radical (unpaired) electrons. The molecule has 136 valence electrons. The van der Waals surface area contributed by atoms with Gasteiger partial charge in [-0.1, -0.05) is 18.2 Å². The number of alkyl halides is 3. The second-order valence-electron chi connectivity index (χ2n) is 6.23. The van der Waals surface area contributed by atoms with Gasteiger partial charge in [0.25, 0.3) is 0 Å². The number of nitrogens with two attached hydrogens (primary N) is 1. The normalized spacial score (nSPS) is 22.2. The summed E-state index contributed by atoms with van der Waals surface area (Å²) in [7, 11) is 1.65. The molecule has 8 heteroatoms. The zero-order chi connectivity index (χ0) is 18.5. The molecule has 2 N–H and O–H groups in total. The summed E-state index contributed by atoms with van der Waals surface area (Å²) in [5, 5.41) is 1.38. The Balaban J connectivity index is 1.81. The molecule has 0 unspecified atom stereocenters. The van der Waals surface area contributed by atoms with Crippen molar-refractivity contribution in [1.82, 2.24) is 5.06 Å². The second-order valence-corrected chi connectivity index (χ2v) is 6.23. The minimum atomic E-state index is -4.40. The van der Waals surface area contributed by atoms with Crippen LogP contribution < -0.4 is 10.5 Å². The third-order valence-corrected chi connectivity index (χ3v) is 4.53. The van der Waals surface area contributed by atoms with E-state index in [0.29, 0.717) is 35.5 Å². The molecule has 1 atom stereocenters. The van der Waals surface area contributed by atoms with Crippen molar-refractivity contribution in [3.05, 3.63) is 53.6 Å². The maximum Gasteiger partial charge on any atom is 0.416 e. The molecule has 0 aromatic heterocycles. The minimum Gasteiger partial charge on any atom is -0.493 e. The van der Waals surface area contributed by atoms with Crippen molar-refractivity contribution < 1.29 is 22.7 Å². The van der Waals surface area contributed by atoms with Crippen LogP contribution in [0.3, 0.4) is 0 Å². The van der Waals surface area contributed by atoms with Crippen molar-refractivity contribution in [1.29, 1.82) is 0 Å². The lowest BCUT2D eigenvalue weighted by Gasteiger charge is -2.32. The number of hydrogen-bond donors (Lipinski definition) is 1. The molecular formula is C18H16F3N3O2. The van der Waals surface area contributed by atoms with E-state index in [-0.39, 0.29) is 5.96 Å². The van der Waals surface area contributed by atoms with Crippen LogP contribution in [-0.4, -0.2) is 24.7 Å². The topological polar surface area (TPSA) is 60.1 Å². The Kier molecular flexibility index (Phi) is 3.62. The van der Waals surface area contributed by atoms with E-state index < -0.39 is 17.5 Å². The maximum atomic E-state index is 13.0. The lowest BCUT2D eigenvalue weighted by Crippen LogP contribution is -2.35. The van der Waals surface area contributed by atoms with Crippen LogP contribution in [0.15, 0.2) is 47.5 Å². The Morgan fingerprint density at radius 2 is 1.92 bits per heavy atom. The molecule has 0 amide bonds. The van der Waals surface area contributed by atoms with E-state index in [2.05, 4.69) is 4.99 Å². The van der Waals surface area contributed by atoms with Crippen LogP contribution in [0.25, 0.3) is 11.1 Å². The third kappa shape index (κ3) is 2.66. The monoisotopic (exact) mass is 363 g/mol. The number of halogens is 3. The van der Waals surface area contributed by atoms with Gasteiger partial charge in [-0.15, -0.1) is 0 Å². The van der Waals surface area contributed by atoms with E-state index in [9.17, 15) is 13.2 Å². The largest absolute Gasteiger partial charge is 0.493 e. The van der Waals surface area contributed by atoms with Gasteiger partial charge >= 0.3 is 6.18 Å². The molecule has 0 aliphatic carbocycles. The number of fused-ring (bicyclic) bond motifs is 2. The highest BCUT2D eigenvalue weighted by molar-refractivity contribution is 5.79. The van der Waals surface area contributed by atoms with E-state index in [1.807, 2.05) is 0 Å². The predicted molar refractivity (Wildman–Crippen MR) is 89.1 cm³/mol. The van der Waals surface area contributed by atoms with Gasteiger partial charge in [-0.3, -0.25) is 0 Å². The average molecular weight is 363 g/mol. The maximum absolute atomic E-state index is 13.0. The highest BCUT2D eigenvalue weighted by Gasteiger charge is 2.45. The van der Waals surface area contributed by atoms with Gasteiger partial charge in [-0.05, 0) is 35.4 Å². The van der Waals surface area contributed by atoms with Crippen LogP contribution in [0.4, 0.5) is 13.2 Å². The number of guanidine groups is 1. The number of rotatable bonds is 1.